The van der Waals surface area contributed by atoms with E-state index in [1.54, 1.807) is 0 Å². The minimum atomic E-state index is 0.480. The molecule has 4 heteroatoms. The second-order valence-electron chi connectivity index (χ2n) is 5.66. The van der Waals surface area contributed by atoms with Gasteiger partial charge in [-0.25, -0.2) is 4.98 Å². The van der Waals surface area contributed by atoms with E-state index in [4.69, 9.17) is 16.6 Å². The Hall–Kier alpha value is -1.06. The summed E-state index contributed by atoms with van der Waals surface area (Å²) >= 11 is 6.08. The number of aryl methyl sites for hydroxylation is 1. The van der Waals surface area contributed by atoms with Crippen LogP contribution >= 0.6 is 11.6 Å². The number of benzene rings is 1. The number of para-hydroxylation sites is 1. The maximum atomic E-state index is 6.08. The van der Waals surface area contributed by atoms with E-state index in [-0.39, 0.29) is 0 Å². The van der Waals surface area contributed by atoms with Gasteiger partial charge >= 0.3 is 0 Å². The van der Waals surface area contributed by atoms with Gasteiger partial charge in [-0.2, -0.15) is 0 Å². The molecule has 1 aromatic carbocycles. The minimum Gasteiger partial charge on any atom is -0.326 e. The molecular weight excluding hydrogens is 270 g/mol. The lowest BCUT2D eigenvalue weighted by molar-refractivity contribution is 0.221. The molecule has 2 heterocycles. The van der Waals surface area contributed by atoms with E-state index in [1.807, 2.05) is 0 Å². The minimum absolute atomic E-state index is 0.480. The Morgan fingerprint density at radius 1 is 1.15 bits per heavy atom. The van der Waals surface area contributed by atoms with E-state index in [1.165, 1.54) is 43.4 Å². The molecule has 0 amide bonds. The van der Waals surface area contributed by atoms with E-state index < -0.39 is 0 Å². The fourth-order valence-corrected chi connectivity index (χ4v) is 3.32. The van der Waals surface area contributed by atoms with E-state index in [2.05, 4.69) is 34.6 Å². The third-order valence-corrected chi connectivity index (χ3v) is 4.51. The van der Waals surface area contributed by atoms with Gasteiger partial charge in [-0.1, -0.05) is 18.6 Å². The lowest BCUT2D eigenvalue weighted by atomic mass is 10.1. The first-order valence-electron chi connectivity index (χ1n) is 7.52. The first kappa shape index (κ1) is 13.9. The predicted molar refractivity (Wildman–Crippen MR) is 84.3 cm³/mol. The largest absolute Gasteiger partial charge is 0.326 e. The van der Waals surface area contributed by atoms with Crippen LogP contribution < -0.4 is 0 Å². The molecule has 0 radical (unpaired) electrons. The fraction of sp³-hybridized carbons (Fsp3) is 0.562. The van der Waals surface area contributed by atoms with Crippen molar-refractivity contribution in [3.8, 4) is 0 Å². The number of hydrogen-bond acceptors (Lipinski definition) is 2. The Morgan fingerprint density at radius 3 is 2.70 bits per heavy atom. The van der Waals surface area contributed by atoms with Crippen LogP contribution in [0.15, 0.2) is 18.2 Å². The average Bonchev–Trinajstić information content (AvgIpc) is 2.85. The van der Waals surface area contributed by atoms with Crippen molar-refractivity contribution < 1.29 is 0 Å². The molecule has 0 atom stereocenters. The molecule has 3 nitrogen and oxygen atoms in total. The van der Waals surface area contributed by atoms with Gasteiger partial charge in [0.15, 0.2) is 0 Å². The maximum Gasteiger partial charge on any atom is 0.124 e. The van der Waals surface area contributed by atoms with Crippen LogP contribution in [0.25, 0.3) is 11.0 Å². The van der Waals surface area contributed by atoms with Crippen LogP contribution in [0.3, 0.4) is 0 Å². The van der Waals surface area contributed by atoms with Crippen molar-refractivity contribution >= 4 is 22.6 Å². The molecule has 20 heavy (non-hydrogen) atoms. The fourth-order valence-electron chi connectivity index (χ4n) is 3.11. The normalized spacial score (nSPS) is 16.9. The number of piperidine rings is 1. The summed E-state index contributed by atoms with van der Waals surface area (Å²) in [4.78, 5) is 7.27. The van der Waals surface area contributed by atoms with Crippen LogP contribution in [-0.4, -0.2) is 34.1 Å². The SMILES string of the molecule is Cc1cccc2c1nc(CCl)n2CCN1CCCCC1. The molecule has 0 aliphatic carbocycles. The number of alkyl halides is 1. The van der Waals surface area contributed by atoms with Crippen LogP contribution in [-0.2, 0) is 12.4 Å². The highest BCUT2D eigenvalue weighted by molar-refractivity contribution is 6.16. The molecule has 0 saturated carbocycles. The summed E-state index contributed by atoms with van der Waals surface area (Å²) in [5.74, 6) is 1.47. The number of fused-ring (bicyclic) bond motifs is 1. The summed E-state index contributed by atoms with van der Waals surface area (Å²) in [5, 5.41) is 0. The Balaban J connectivity index is 1.84. The number of nitrogens with zero attached hydrogens (tertiary/aromatic N) is 3. The van der Waals surface area contributed by atoms with Crippen molar-refractivity contribution in [3.63, 3.8) is 0 Å². The second kappa shape index (κ2) is 6.15. The van der Waals surface area contributed by atoms with Gasteiger partial charge in [0, 0.05) is 13.1 Å². The smallest absolute Gasteiger partial charge is 0.124 e. The van der Waals surface area contributed by atoms with Crippen molar-refractivity contribution in [2.24, 2.45) is 0 Å². The summed E-state index contributed by atoms with van der Waals surface area (Å²) in [7, 11) is 0. The summed E-state index contributed by atoms with van der Waals surface area (Å²) in [5.41, 5.74) is 3.55. The van der Waals surface area contributed by atoms with E-state index in [0.29, 0.717) is 5.88 Å². The highest BCUT2D eigenvalue weighted by atomic mass is 35.5. The maximum absolute atomic E-state index is 6.08. The topological polar surface area (TPSA) is 21.1 Å². The Kier molecular flexibility index (Phi) is 4.27. The third-order valence-electron chi connectivity index (χ3n) is 4.27. The number of rotatable bonds is 4. The van der Waals surface area contributed by atoms with Crippen molar-refractivity contribution in [3.05, 3.63) is 29.6 Å². The van der Waals surface area contributed by atoms with Crippen LogP contribution in [0.1, 0.15) is 30.7 Å². The quantitative estimate of drug-likeness (QED) is 0.803. The lowest BCUT2D eigenvalue weighted by Crippen LogP contribution is -2.32. The van der Waals surface area contributed by atoms with Gasteiger partial charge in [0.1, 0.15) is 5.82 Å². The summed E-state index contributed by atoms with van der Waals surface area (Å²) < 4.78 is 2.30. The van der Waals surface area contributed by atoms with E-state index in [0.717, 1.165) is 24.4 Å². The van der Waals surface area contributed by atoms with Gasteiger partial charge in [0.25, 0.3) is 0 Å². The number of imidazole rings is 1. The molecule has 0 unspecified atom stereocenters. The van der Waals surface area contributed by atoms with E-state index >= 15 is 0 Å². The molecule has 0 bridgehead atoms. The molecule has 1 saturated heterocycles. The van der Waals surface area contributed by atoms with E-state index in [9.17, 15) is 0 Å². The number of likely N-dealkylation sites (tertiary alicyclic amines) is 1. The van der Waals surface area contributed by atoms with Gasteiger partial charge in [0.05, 0.1) is 16.9 Å². The Labute approximate surface area is 125 Å². The summed E-state index contributed by atoms with van der Waals surface area (Å²) in [6, 6.07) is 6.37. The molecule has 0 N–H and O–H groups in total. The van der Waals surface area contributed by atoms with Crippen LogP contribution in [0.5, 0.6) is 0 Å². The molecule has 108 valence electrons. The van der Waals surface area contributed by atoms with Crippen molar-refractivity contribution in [2.45, 2.75) is 38.6 Å². The number of hydrogen-bond donors (Lipinski definition) is 0. The molecule has 1 fully saturated rings. The highest BCUT2D eigenvalue weighted by Gasteiger charge is 2.14. The second-order valence-corrected chi connectivity index (χ2v) is 5.93. The molecule has 2 aromatic rings. The van der Waals surface area contributed by atoms with Gasteiger partial charge in [-0.15, -0.1) is 11.6 Å². The molecule has 1 aromatic heterocycles. The number of aromatic nitrogens is 2. The van der Waals surface area contributed by atoms with Crippen molar-refractivity contribution in [2.75, 3.05) is 19.6 Å². The standard InChI is InChI=1S/C16H22ClN3/c1-13-6-5-7-14-16(13)18-15(12-17)20(14)11-10-19-8-3-2-4-9-19/h5-7H,2-4,8-12H2,1H3. The average molecular weight is 292 g/mol. The van der Waals surface area contributed by atoms with Crippen molar-refractivity contribution in [1.82, 2.24) is 14.5 Å². The Bertz CT molecular complexity index is 585. The van der Waals surface area contributed by atoms with Gasteiger partial charge in [0.2, 0.25) is 0 Å². The Morgan fingerprint density at radius 2 is 1.95 bits per heavy atom. The lowest BCUT2D eigenvalue weighted by Gasteiger charge is -2.26. The molecular formula is C16H22ClN3. The summed E-state index contributed by atoms with van der Waals surface area (Å²) in [6.07, 6.45) is 4.06. The summed E-state index contributed by atoms with van der Waals surface area (Å²) in [6.45, 7) is 6.68. The highest BCUT2D eigenvalue weighted by Crippen LogP contribution is 2.21. The van der Waals surface area contributed by atoms with Crippen LogP contribution in [0.2, 0.25) is 0 Å². The first-order valence-corrected chi connectivity index (χ1v) is 8.06. The van der Waals surface area contributed by atoms with Gasteiger partial charge < -0.3 is 9.47 Å². The molecule has 0 spiro atoms. The zero-order valence-electron chi connectivity index (χ0n) is 12.1. The predicted octanol–water partition coefficient (Wildman–Crippen LogP) is 3.57. The van der Waals surface area contributed by atoms with Crippen molar-refractivity contribution in [1.29, 1.82) is 0 Å². The van der Waals surface area contributed by atoms with Crippen LogP contribution in [0, 0.1) is 6.92 Å². The zero-order valence-corrected chi connectivity index (χ0v) is 12.9. The number of halogens is 1. The molecule has 1 aliphatic rings. The van der Waals surface area contributed by atoms with Crippen LogP contribution in [0.4, 0.5) is 0 Å². The van der Waals surface area contributed by atoms with Gasteiger partial charge in [-0.3, -0.25) is 0 Å². The van der Waals surface area contributed by atoms with Gasteiger partial charge in [-0.05, 0) is 44.5 Å². The third kappa shape index (κ3) is 2.70. The monoisotopic (exact) mass is 291 g/mol. The first-order chi connectivity index (χ1) is 9.79. The zero-order chi connectivity index (χ0) is 13.9. The molecule has 1 aliphatic heterocycles. The molecule has 3 rings (SSSR count).